The Labute approximate surface area is 111 Å². The van der Waals surface area contributed by atoms with Gasteiger partial charge >= 0.3 is 11.9 Å². The van der Waals surface area contributed by atoms with Gasteiger partial charge in [-0.2, -0.15) is 0 Å². The summed E-state index contributed by atoms with van der Waals surface area (Å²) in [5.41, 5.74) is 0.535. The van der Waals surface area contributed by atoms with Gasteiger partial charge in [0.15, 0.2) is 0 Å². The number of carbonyl (C=O) groups is 2. The van der Waals surface area contributed by atoms with Crippen LogP contribution in [0.4, 0.5) is 0 Å². The fourth-order valence-corrected chi connectivity index (χ4v) is 2.32. The minimum Gasteiger partial charge on any atom is -0.465 e. The van der Waals surface area contributed by atoms with Gasteiger partial charge in [0.1, 0.15) is 0 Å². The van der Waals surface area contributed by atoms with Crippen LogP contribution in [-0.2, 0) is 9.47 Å². The fraction of sp³-hybridized carbons (Fsp3) is 0.385. The van der Waals surface area contributed by atoms with Gasteiger partial charge in [-0.25, -0.2) is 9.59 Å². The maximum Gasteiger partial charge on any atom is 0.340 e. The van der Waals surface area contributed by atoms with Crippen LogP contribution in [0.3, 0.4) is 0 Å². The molecule has 1 aromatic rings. The van der Waals surface area contributed by atoms with Crippen LogP contribution < -0.4 is 0 Å². The Morgan fingerprint density at radius 2 is 1.94 bits per heavy atom. The minimum absolute atomic E-state index is 0.245. The second-order valence-electron chi connectivity index (χ2n) is 3.32. The van der Waals surface area contributed by atoms with Crippen molar-refractivity contribution in [2.75, 3.05) is 19.5 Å². The zero-order chi connectivity index (χ0) is 13.5. The Morgan fingerprint density at radius 1 is 1.22 bits per heavy atom. The molecule has 0 bridgehead atoms. The number of thioether (sulfide) groups is 1. The normalized spacial score (nSPS) is 9.94. The lowest BCUT2D eigenvalue weighted by molar-refractivity contribution is 0.0500. The van der Waals surface area contributed by atoms with Crippen molar-refractivity contribution in [3.63, 3.8) is 0 Å². The molecule has 0 saturated heterocycles. The van der Waals surface area contributed by atoms with E-state index in [1.54, 1.807) is 25.1 Å². The van der Waals surface area contributed by atoms with E-state index in [0.29, 0.717) is 0 Å². The summed E-state index contributed by atoms with van der Waals surface area (Å²) in [5.74, 6) is -0.220. The van der Waals surface area contributed by atoms with Gasteiger partial charge in [0.05, 0.1) is 24.8 Å². The molecule has 0 radical (unpaired) electrons. The smallest absolute Gasteiger partial charge is 0.340 e. The van der Waals surface area contributed by atoms with Crippen molar-refractivity contribution in [1.82, 2.24) is 0 Å². The number of benzene rings is 1. The van der Waals surface area contributed by atoms with Crippen LogP contribution in [0.25, 0.3) is 0 Å². The topological polar surface area (TPSA) is 52.6 Å². The molecule has 18 heavy (non-hydrogen) atoms. The third-order valence-corrected chi connectivity index (χ3v) is 3.15. The van der Waals surface area contributed by atoms with Crippen molar-refractivity contribution in [2.45, 2.75) is 18.7 Å². The summed E-state index contributed by atoms with van der Waals surface area (Å²) in [5, 5.41) is 0. The fourth-order valence-electron chi connectivity index (χ4n) is 1.50. The predicted molar refractivity (Wildman–Crippen MR) is 70.1 cm³/mol. The highest BCUT2D eigenvalue weighted by atomic mass is 32.2. The Kier molecular flexibility index (Phi) is 5.71. The van der Waals surface area contributed by atoms with Gasteiger partial charge < -0.3 is 9.47 Å². The standard InChI is InChI=1S/C13H16O4S/c1-4-17-13(15)11-9(12(14)16-3)7-6-8-10(11)18-5-2/h6-8H,4-5H2,1-3H3. The molecule has 4 nitrogen and oxygen atoms in total. The van der Waals surface area contributed by atoms with Crippen molar-refractivity contribution in [3.8, 4) is 0 Å². The van der Waals surface area contributed by atoms with Gasteiger partial charge in [-0.05, 0) is 24.8 Å². The van der Waals surface area contributed by atoms with E-state index in [9.17, 15) is 9.59 Å². The Bertz CT molecular complexity index is 443. The minimum atomic E-state index is -0.531. The molecule has 0 aromatic heterocycles. The van der Waals surface area contributed by atoms with Crippen LogP contribution in [0.1, 0.15) is 34.6 Å². The van der Waals surface area contributed by atoms with Crippen molar-refractivity contribution in [2.24, 2.45) is 0 Å². The second-order valence-corrected chi connectivity index (χ2v) is 4.63. The van der Waals surface area contributed by atoms with Gasteiger partial charge in [0.25, 0.3) is 0 Å². The van der Waals surface area contributed by atoms with E-state index in [0.717, 1.165) is 10.6 Å². The molecule has 1 aromatic carbocycles. The van der Waals surface area contributed by atoms with Crippen LogP contribution >= 0.6 is 11.8 Å². The summed E-state index contributed by atoms with van der Waals surface area (Å²) in [4.78, 5) is 24.3. The molecule has 0 aliphatic heterocycles. The van der Waals surface area contributed by atoms with E-state index >= 15 is 0 Å². The summed E-state index contributed by atoms with van der Waals surface area (Å²) < 4.78 is 9.67. The van der Waals surface area contributed by atoms with Gasteiger partial charge in [-0.15, -0.1) is 11.8 Å². The number of rotatable bonds is 5. The molecule has 0 fully saturated rings. The highest BCUT2D eigenvalue weighted by molar-refractivity contribution is 7.99. The third kappa shape index (κ3) is 3.26. The summed E-state index contributed by atoms with van der Waals surface area (Å²) >= 11 is 1.49. The molecule has 0 N–H and O–H groups in total. The molecule has 0 heterocycles. The summed E-state index contributed by atoms with van der Waals surface area (Å²) in [6.45, 7) is 3.97. The predicted octanol–water partition coefficient (Wildman–Crippen LogP) is 2.76. The first-order valence-electron chi connectivity index (χ1n) is 5.66. The molecule has 0 amide bonds. The SMILES string of the molecule is CCOC(=O)c1c(SCC)cccc1C(=O)OC. The molecule has 0 aliphatic rings. The zero-order valence-electron chi connectivity index (χ0n) is 10.7. The first-order chi connectivity index (χ1) is 8.65. The molecular formula is C13H16O4S. The molecule has 0 saturated carbocycles. The van der Waals surface area contributed by atoms with Gasteiger partial charge in [-0.1, -0.05) is 13.0 Å². The summed E-state index contributed by atoms with van der Waals surface area (Å²) in [6, 6.07) is 5.09. The first-order valence-corrected chi connectivity index (χ1v) is 6.65. The highest BCUT2D eigenvalue weighted by Crippen LogP contribution is 2.26. The monoisotopic (exact) mass is 268 g/mol. The van der Waals surface area contributed by atoms with E-state index in [1.165, 1.54) is 18.9 Å². The van der Waals surface area contributed by atoms with Crippen molar-refractivity contribution >= 4 is 23.7 Å². The average Bonchev–Trinajstić information content (AvgIpc) is 2.38. The van der Waals surface area contributed by atoms with E-state index in [-0.39, 0.29) is 17.7 Å². The van der Waals surface area contributed by atoms with E-state index in [4.69, 9.17) is 4.74 Å². The Hall–Kier alpha value is -1.49. The Balaban J connectivity index is 3.28. The number of ether oxygens (including phenoxy) is 2. The molecule has 0 spiro atoms. The molecule has 5 heteroatoms. The molecular weight excluding hydrogens is 252 g/mol. The second kappa shape index (κ2) is 7.06. The van der Waals surface area contributed by atoms with Gasteiger partial charge in [0, 0.05) is 4.90 Å². The summed E-state index contributed by atoms with van der Waals surface area (Å²) in [6.07, 6.45) is 0. The average molecular weight is 268 g/mol. The first kappa shape index (κ1) is 14.6. The van der Waals surface area contributed by atoms with Gasteiger partial charge in [-0.3, -0.25) is 0 Å². The number of methoxy groups -OCH3 is 1. The van der Waals surface area contributed by atoms with Crippen LogP contribution in [0.15, 0.2) is 23.1 Å². The Morgan fingerprint density at radius 3 is 2.50 bits per heavy atom. The molecule has 0 aliphatic carbocycles. The number of hydrogen-bond donors (Lipinski definition) is 0. The largest absolute Gasteiger partial charge is 0.465 e. The molecule has 0 unspecified atom stereocenters. The lowest BCUT2D eigenvalue weighted by Crippen LogP contribution is -2.14. The number of carbonyl (C=O) groups excluding carboxylic acids is 2. The third-order valence-electron chi connectivity index (χ3n) is 2.21. The number of esters is 2. The lowest BCUT2D eigenvalue weighted by Gasteiger charge is -2.11. The zero-order valence-corrected chi connectivity index (χ0v) is 11.5. The molecule has 98 valence electrons. The quantitative estimate of drug-likeness (QED) is 0.607. The van der Waals surface area contributed by atoms with Crippen LogP contribution in [0.2, 0.25) is 0 Å². The van der Waals surface area contributed by atoms with Crippen molar-refractivity contribution in [1.29, 1.82) is 0 Å². The van der Waals surface area contributed by atoms with Crippen molar-refractivity contribution < 1.29 is 19.1 Å². The lowest BCUT2D eigenvalue weighted by atomic mass is 10.1. The maximum absolute atomic E-state index is 11.9. The van der Waals surface area contributed by atoms with E-state index < -0.39 is 11.9 Å². The molecule has 0 atom stereocenters. The molecule has 1 rings (SSSR count). The highest BCUT2D eigenvalue weighted by Gasteiger charge is 2.22. The maximum atomic E-state index is 11.9. The van der Waals surface area contributed by atoms with Crippen molar-refractivity contribution in [3.05, 3.63) is 29.3 Å². The number of hydrogen-bond acceptors (Lipinski definition) is 5. The summed E-state index contributed by atoms with van der Waals surface area (Å²) in [7, 11) is 1.29. The van der Waals surface area contributed by atoms with Crippen LogP contribution in [-0.4, -0.2) is 31.4 Å². The van der Waals surface area contributed by atoms with E-state index in [2.05, 4.69) is 4.74 Å². The van der Waals surface area contributed by atoms with Gasteiger partial charge in [0.2, 0.25) is 0 Å². The van der Waals surface area contributed by atoms with Crippen LogP contribution in [0, 0.1) is 0 Å². The van der Waals surface area contributed by atoms with E-state index in [1.807, 2.05) is 6.92 Å². The van der Waals surface area contributed by atoms with Crippen LogP contribution in [0.5, 0.6) is 0 Å².